The van der Waals surface area contributed by atoms with Crippen molar-refractivity contribution in [2.75, 3.05) is 13.1 Å². The molecule has 6 nitrogen and oxygen atoms in total. The number of aryl methyl sites for hydroxylation is 1. The summed E-state index contributed by atoms with van der Waals surface area (Å²) in [6.45, 7) is 8.43. The Kier molecular flexibility index (Phi) is 10.2. The maximum atomic E-state index is 6.17. The molecule has 0 amide bonds. The van der Waals surface area contributed by atoms with Crippen LogP contribution in [0.2, 0.25) is 5.02 Å². The van der Waals surface area contributed by atoms with Crippen molar-refractivity contribution in [3.63, 3.8) is 0 Å². The summed E-state index contributed by atoms with van der Waals surface area (Å²) in [5, 5.41) is 15.3. The van der Waals surface area contributed by atoms with Crippen LogP contribution in [0.25, 0.3) is 0 Å². The van der Waals surface area contributed by atoms with Gasteiger partial charge in [0.05, 0.1) is 6.54 Å². The van der Waals surface area contributed by atoms with Crippen LogP contribution >= 0.6 is 35.6 Å². The Hall–Kier alpha value is -1.61. The molecule has 2 aromatic rings. The van der Waals surface area contributed by atoms with E-state index in [1.807, 2.05) is 28.8 Å². The van der Waals surface area contributed by atoms with Crippen molar-refractivity contribution in [2.24, 2.45) is 4.99 Å². The summed E-state index contributed by atoms with van der Waals surface area (Å²) in [6.07, 6.45) is 4.40. The summed E-state index contributed by atoms with van der Waals surface area (Å²) in [6, 6.07) is 7.71. The molecule has 0 aliphatic rings. The Bertz CT molecular complexity index is 685. The Labute approximate surface area is 170 Å². The standard InChI is InChI=1S/C17H23ClN6.HI/c1-3-9-19-17(21-12-14-7-5-6-8-15(14)18)20-10-11-24-13-22-23-16(24)4-2;/h3,5-8,13H,1,4,9-12H2,2H3,(H2,19,20,21);1H. The van der Waals surface area contributed by atoms with Crippen LogP contribution in [-0.4, -0.2) is 33.8 Å². The van der Waals surface area contributed by atoms with Gasteiger partial charge in [-0.2, -0.15) is 0 Å². The average molecular weight is 475 g/mol. The molecule has 8 heteroatoms. The van der Waals surface area contributed by atoms with Crippen LogP contribution in [0, 0.1) is 0 Å². The lowest BCUT2D eigenvalue weighted by Gasteiger charge is -2.12. The first-order valence-electron chi connectivity index (χ1n) is 7.97. The minimum Gasteiger partial charge on any atom is -0.355 e. The highest BCUT2D eigenvalue weighted by molar-refractivity contribution is 14.0. The first-order valence-corrected chi connectivity index (χ1v) is 8.35. The summed E-state index contributed by atoms with van der Waals surface area (Å²) in [4.78, 5) is 4.58. The SMILES string of the molecule is C=CCNC(=NCc1ccccc1Cl)NCCn1cnnc1CC.I. The van der Waals surface area contributed by atoms with Gasteiger partial charge in [0.25, 0.3) is 0 Å². The molecule has 2 rings (SSSR count). The molecule has 1 aromatic carbocycles. The van der Waals surface area contributed by atoms with Crippen molar-refractivity contribution < 1.29 is 0 Å². The molecule has 0 saturated carbocycles. The highest BCUT2D eigenvalue weighted by atomic mass is 127. The molecule has 0 bridgehead atoms. The van der Waals surface area contributed by atoms with Gasteiger partial charge in [-0.1, -0.05) is 42.8 Å². The third-order valence-corrected chi connectivity index (χ3v) is 3.81. The predicted octanol–water partition coefficient (Wildman–Crippen LogP) is 3.03. The van der Waals surface area contributed by atoms with Crippen LogP contribution in [0.1, 0.15) is 18.3 Å². The molecule has 1 heterocycles. The number of benzene rings is 1. The van der Waals surface area contributed by atoms with E-state index < -0.39 is 0 Å². The maximum Gasteiger partial charge on any atom is 0.191 e. The summed E-state index contributed by atoms with van der Waals surface area (Å²) in [5.74, 6) is 1.70. The fourth-order valence-corrected chi connectivity index (χ4v) is 2.36. The van der Waals surface area contributed by atoms with E-state index in [-0.39, 0.29) is 24.0 Å². The minimum atomic E-state index is 0. The predicted molar refractivity (Wildman–Crippen MR) is 114 cm³/mol. The topological polar surface area (TPSA) is 67.1 Å². The molecule has 0 saturated heterocycles. The van der Waals surface area contributed by atoms with Gasteiger partial charge in [0.2, 0.25) is 0 Å². The molecule has 0 radical (unpaired) electrons. The first-order chi connectivity index (χ1) is 11.7. The summed E-state index contributed by atoms with van der Waals surface area (Å²) in [5.41, 5.74) is 0.992. The molecule has 0 unspecified atom stereocenters. The van der Waals surface area contributed by atoms with Crippen molar-refractivity contribution in [2.45, 2.75) is 26.4 Å². The Morgan fingerprint density at radius 1 is 1.36 bits per heavy atom. The van der Waals surface area contributed by atoms with E-state index in [2.05, 4.69) is 39.3 Å². The number of nitrogens with zero attached hydrogens (tertiary/aromatic N) is 4. The quantitative estimate of drug-likeness (QED) is 0.267. The average Bonchev–Trinajstić information content (AvgIpc) is 3.05. The van der Waals surface area contributed by atoms with Crippen molar-refractivity contribution in [3.8, 4) is 0 Å². The van der Waals surface area contributed by atoms with Gasteiger partial charge in [-0.05, 0) is 11.6 Å². The second-order valence-electron chi connectivity index (χ2n) is 5.15. The summed E-state index contributed by atoms with van der Waals surface area (Å²) in [7, 11) is 0. The van der Waals surface area contributed by atoms with Crippen molar-refractivity contribution >= 4 is 41.5 Å². The molecule has 25 heavy (non-hydrogen) atoms. The van der Waals surface area contributed by atoms with Crippen LogP contribution in [0.3, 0.4) is 0 Å². The molecule has 2 N–H and O–H groups in total. The van der Waals surface area contributed by atoms with Crippen LogP contribution < -0.4 is 10.6 Å². The monoisotopic (exact) mass is 474 g/mol. The number of hydrogen-bond donors (Lipinski definition) is 2. The van der Waals surface area contributed by atoms with Gasteiger partial charge in [0.1, 0.15) is 12.2 Å². The molecule has 0 fully saturated rings. The first kappa shape index (κ1) is 21.4. The fourth-order valence-electron chi connectivity index (χ4n) is 2.17. The lowest BCUT2D eigenvalue weighted by molar-refractivity contribution is 0.633. The number of aliphatic imine (C=N–C) groups is 1. The fraction of sp³-hybridized carbons (Fsp3) is 0.353. The van der Waals surface area contributed by atoms with Gasteiger partial charge in [0, 0.05) is 31.1 Å². The number of nitrogens with one attached hydrogen (secondary N) is 2. The third-order valence-electron chi connectivity index (χ3n) is 3.44. The highest BCUT2D eigenvalue weighted by Gasteiger charge is 2.03. The van der Waals surface area contributed by atoms with Gasteiger partial charge in [0.15, 0.2) is 5.96 Å². The third kappa shape index (κ3) is 7.03. The van der Waals surface area contributed by atoms with Gasteiger partial charge in [-0.15, -0.1) is 40.8 Å². The normalized spacial score (nSPS) is 10.9. The number of aromatic nitrogens is 3. The molecule has 0 aliphatic carbocycles. The highest BCUT2D eigenvalue weighted by Crippen LogP contribution is 2.15. The zero-order valence-electron chi connectivity index (χ0n) is 14.3. The van der Waals surface area contributed by atoms with E-state index in [1.54, 1.807) is 12.4 Å². The molecule has 0 atom stereocenters. The maximum absolute atomic E-state index is 6.17. The van der Waals surface area contributed by atoms with Crippen molar-refractivity contribution in [1.82, 2.24) is 25.4 Å². The lowest BCUT2D eigenvalue weighted by atomic mass is 10.2. The van der Waals surface area contributed by atoms with Crippen molar-refractivity contribution in [3.05, 3.63) is 59.7 Å². The zero-order chi connectivity index (χ0) is 17.2. The summed E-state index contributed by atoms with van der Waals surface area (Å²) < 4.78 is 2.03. The molecule has 0 spiro atoms. The lowest BCUT2D eigenvalue weighted by Crippen LogP contribution is -2.39. The molecular formula is C17H24ClIN6. The smallest absolute Gasteiger partial charge is 0.191 e. The number of hydrogen-bond acceptors (Lipinski definition) is 3. The van der Waals surface area contributed by atoms with E-state index in [9.17, 15) is 0 Å². The molecular weight excluding hydrogens is 451 g/mol. The van der Waals surface area contributed by atoms with Crippen LogP contribution in [0.5, 0.6) is 0 Å². The second kappa shape index (κ2) is 11.9. The Morgan fingerprint density at radius 2 is 2.16 bits per heavy atom. The van der Waals surface area contributed by atoms with Crippen LogP contribution in [-0.2, 0) is 19.5 Å². The minimum absolute atomic E-state index is 0. The van der Waals surface area contributed by atoms with Crippen LogP contribution in [0.15, 0.2) is 48.2 Å². The zero-order valence-corrected chi connectivity index (χ0v) is 17.4. The number of halogens is 2. The van der Waals surface area contributed by atoms with Gasteiger partial charge >= 0.3 is 0 Å². The number of rotatable bonds is 8. The van der Waals surface area contributed by atoms with E-state index in [0.29, 0.717) is 13.1 Å². The van der Waals surface area contributed by atoms with Crippen LogP contribution in [0.4, 0.5) is 0 Å². The molecule has 136 valence electrons. The molecule has 0 aliphatic heterocycles. The van der Waals surface area contributed by atoms with E-state index in [4.69, 9.17) is 11.6 Å². The van der Waals surface area contributed by atoms with E-state index in [1.165, 1.54) is 0 Å². The van der Waals surface area contributed by atoms with E-state index >= 15 is 0 Å². The number of guanidine groups is 1. The van der Waals surface area contributed by atoms with Gasteiger partial charge in [-0.25, -0.2) is 4.99 Å². The summed E-state index contributed by atoms with van der Waals surface area (Å²) >= 11 is 6.17. The van der Waals surface area contributed by atoms with Crippen molar-refractivity contribution in [1.29, 1.82) is 0 Å². The van der Waals surface area contributed by atoms with Gasteiger partial charge in [-0.3, -0.25) is 0 Å². The Morgan fingerprint density at radius 3 is 2.88 bits per heavy atom. The van der Waals surface area contributed by atoms with Gasteiger partial charge < -0.3 is 15.2 Å². The Balaban J connectivity index is 0.00000312. The molecule has 1 aromatic heterocycles. The largest absolute Gasteiger partial charge is 0.355 e. The second-order valence-corrected chi connectivity index (χ2v) is 5.55. The van der Waals surface area contributed by atoms with E-state index in [0.717, 1.165) is 41.9 Å².